The molecule has 238 valence electrons. The lowest BCUT2D eigenvalue weighted by atomic mass is 10.0. The predicted octanol–water partition coefficient (Wildman–Crippen LogP) is 3.05. The second kappa shape index (κ2) is 20.6. The van der Waals surface area contributed by atoms with Crippen LogP contribution in [0, 0.1) is 18.3 Å². The van der Waals surface area contributed by atoms with Crippen molar-refractivity contribution in [2.75, 3.05) is 24.1 Å². The van der Waals surface area contributed by atoms with Gasteiger partial charge in [-0.15, -0.1) is 12.3 Å². The van der Waals surface area contributed by atoms with E-state index >= 15 is 0 Å². The molecule has 0 aliphatic heterocycles. The minimum absolute atomic E-state index is 0.0247. The zero-order chi connectivity index (χ0) is 32.9. The number of ether oxygens (including phenoxy) is 2. The van der Waals surface area contributed by atoms with E-state index in [-0.39, 0.29) is 31.4 Å². The number of nitrogen functional groups attached to an aromatic ring is 1. The molecule has 2 aromatic rings. The summed E-state index contributed by atoms with van der Waals surface area (Å²) in [4.78, 5) is 58.5. The third-order valence-corrected chi connectivity index (χ3v) is 5.64. The van der Waals surface area contributed by atoms with E-state index in [1.54, 1.807) is 62.4 Å². The van der Waals surface area contributed by atoms with Crippen molar-refractivity contribution in [2.45, 2.75) is 59.1 Å². The van der Waals surface area contributed by atoms with E-state index in [9.17, 15) is 24.0 Å². The van der Waals surface area contributed by atoms with Gasteiger partial charge in [0, 0.05) is 30.8 Å². The molecule has 0 saturated carbocycles. The second-order valence-corrected chi connectivity index (χ2v) is 9.81. The van der Waals surface area contributed by atoms with Crippen molar-refractivity contribution in [3.05, 3.63) is 54.1 Å². The van der Waals surface area contributed by atoms with Gasteiger partial charge in [-0.3, -0.25) is 14.4 Å². The molecule has 1 unspecified atom stereocenters. The van der Waals surface area contributed by atoms with Crippen molar-refractivity contribution >= 4 is 41.3 Å². The molecule has 8 N–H and O–H groups in total. The first-order valence-corrected chi connectivity index (χ1v) is 14.1. The zero-order valence-electron chi connectivity index (χ0n) is 25.3. The Morgan fingerprint density at radius 3 is 2.16 bits per heavy atom. The smallest absolute Gasteiger partial charge is 0.429 e. The highest BCUT2D eigenvalue weighted by molar-refractivity contribution is 5.96. The Labute approximate surface area is 257 Å². The van der Waals surface area contributed by atoms with E-state index in [2.05, 4.69) is 27.2 Å². The fourth-order valence-corrected chi connectivity index (χ4v) is 3.35. The molecule has 13 nitrogen and oxygen atoms in total. The highest BCUT2D eigenvalue weighted by atomic mass is 16.7. The molecular formula is C31H42N6O7. The molecule has 0 saturated heterocycles. The summed E-state index contributed by atoms with van der Waals surface area (Å²) in [5.41, 5.74) is 12.0. The molecular weight excluding hydrogens is 568 g/mol. The number of hydrogen-bond donors (Lipinski definition) is 6. The van der Waals surface area contributed by atoms with Gasteiger partial charge in [0.1, 0.15) is 18.4 Å². The number of amides is 5. The molecule has 0 radical (unpaired) electrons. The Balaban J connectivity index is 0.00000123. The molecule has 44 heavy (non-hydrogen) atoms. The van der Waals surface area contributed by atoms with E-state index < -0.39 is 30.0 Å². The molecule has 0 aliphatic rings. The number of nitrogens with one attached hydrogen (secondary N) is 4. The van der Waals surface area contributed by atoms with Gasteiger partial charge in [-0.2, -0.15) is 0 Å². The Morgan fingerprint density at radius 2 is 1.61 bits per heavy atom. The molecule has 0 aliphatic carbocycles. The van der Waals surface area contributed by atoms with Crippen molar-refractivity contribution in [1.82, 2.24) is 16.0 Å². The average Bonchev–Trinajstić information content (AvgIpc) is 2.98. The molecule has 5 amide bonds. The van der Waals surface area contributed by atoms with E-state index in [0.29, 0.717) is 42.1 Å². The van der Waals surface area contributed by atoms with E-state index in [0.717, 1.165) is 6.42 Å². The third-order valence-electron chi connectivity index (χ3n) is 5.64. The Hall–Kier alpha value is -5.25. The van der Waals surface area contributed by atoms with Crippen LogP contribution >= 0.6 is 0 Å². The summed E-state index contributed by atoms with van der Waals surface area (Å²) in [6.07, 6.45) is 6.51. The molecule has 0 fully saturated rings. The topological polar surface area (TPSA) is 204 Å². The van der Waals surface area contributed by atoms with Gasteiger partial charge >= 0.3 is 12.2 Å². The summed E-state index contributed by atoms with van der Waals surface area (Å²) in [5, 5.41) is 10.3. The molecule has 1 atom stereocenters. The maximum Gasteiger partial charge on any atom is 0.514 e. The summed E-state index contributed by atoms with van der Waals surface area (Å²) in [6, 6.07) is 11.7. The van der Waals surface area contributed by atoms with Crippen LogP contribution in [0.2, 0.25) is 0 Å². The van der Waals surface area contributed by atoms with Crippen molar-refractivity contribution in [3.8, 4) is 18.1 Å². The molecule has 0 heterocycles. The van der Waals surface area contributed by atoms with Gasteiger partial charge in [-0.05, 0) is 60.7 Å². The first-order chi connectivity index (χ1) is 20.9. The molecule has 0 bridgehead atoms. The van der Waals surface area contributed by atoms with Crippen LogP contribution in [-0.2, 0) is 25.7 Å². The molecule has 2 rings (SSSR count). The highest BCUT2D eigenvalue weighted by Gasteiger charge is 2.24. The van der Waals surface area contributed by atoms with Gasteiger partial charge in [0.15, 0.2) is 0 Å². The monoisotopic (exact) mass is 610 g/mol. The van der Waals surface area contributed by atoms with Gasteiger partial charge in [0.2, 0.25) is 17.7 Å². The van der Waals surface area contributed by atoms with Crippen molar-refractivity contribution in [3.63, 3.8) is 0 Å². The van der Waals surface area contributed by atoms with Crippen LogP contribution in [0.5, 0.6) is 5.75 Å². The summed E-state index contributed by atoms with van der Waals surface area (Å²) >= 11 is 0. The number of carbonyl (C=O) groups excluding carboxylic acids is 5. The normalized spacial score (nSPS) is 10.6. The second-order valence-electron chi connectivity index (χ2n) is 9.81. The number of carbonyl (C=O) groups is 5. The van der Waals surface area contributed by atoms with Crippen molar-refractivity contribution in [1.29, 1.82) is 0 Å². The van der Waals surface area contributed by atoms with Crippen LogP contribution in [0.1, 0.15) is 52.0 Å². The fourth-order valence-electron chi connectivity index (χ4n) is 3.35. The lowest BCUT2D eigenvalue weighted by Gasteiger charge is -2.21. The molecule has 13 heteroatoms. The fraction of sp³-hybridized carbons (Fsp3) is 0.387. The number of terminal acetylenes is 1. The molecule has 0 aromatic heterocycles. The van der Waals surface area contributed by atoms with E-state index in [1.165, 1.54) is 0 Å². The number of unbranched alkanes of at least 4 members (excludes halogenated alkanes) is 1. The average molecular weight is 611 g/mol. The van der Waals surface area contributed by atoms with Gasteiger partial charge < -0.3 is 42.2 Å². The largest absolute Gasteiger partial charge is 0.514 e. The zero-order valence-corrected chi connectivity index (χ0v) is 25.3. The third kappa shape index (κ3) is 16.3. The van der Waals surface area contributed by atoms with E-state index in [4.69, 9.17) is 27.4 Å². The number of urea groups is 1. The van der Waals surface area contributed by atoms with Crippen LogP contribution in [0.15, 0.2) is 48.5 Å². The summed E-state index contributed by atoms with van der Waals surface area (Å²) in [5.74, 6) is 1.45. The van der Waals surface area contributed by atoms with Crippen LogP contribution in [0.3, 0.4) is 0 Å². The first-order valence-electron chi connectivity index (χ1n) is 14.1. The Morgan fingerprint density at radius 1 is 0.955 bits per heavy atom. The summed E-state index contributed by atoms with van der Waals surface area (Å²) in [6.45, 7) is 5.95. The Bertz CT molecular complexity index is 1260. The predicted molar refractivity (Wildman–Crippen MR) is 167 cm³/mol. The van der Waals surface area contributed by atoms with Crippen LogP contribution < -0.4 is 37.5 Å². The minimum atomic E-state index is -0.860. The summed E-state index contributed by atoms with van der Waals surface area (Å²) < 4.78 is 10.1. The highest BCUT2D eigenvalue weighted by Crippen LogP contribution is 2.15. The van der Waals surface area contributed by atoms with Gasteiger partial charge in [-0.1, -0.05) is 32.9 Å². The van der Waals surface area contributed by atoms with Crippen molar-refractivity contribution < 1.29 is 33.4 Å². The number of hydrogen-bond acceptors (Lipinski definition) is 8. The van der Waals surface area contributed by atoms with Crippen LogP contribution in [0.4, 0.5) is 21.0 Å². The van der Waals surface area contributed by atoms with Gasteiger partial charge in [0.25, 0.3) is 0 Å². The SMILES string of the molecule is C#CCCCC(=O)NC(C(=O)NCC(=O)Nc1ccc(COC(=O)Oc2ccc(N)cc2)cc1)C(C)C.CCCNC(N)=O. The van der Waals surface area contributed by atoms with Crippen LogP contribution in [0.25, 0.3) is 0 Å². The first kappa shape index (κ1) is 36.8. The van der Waals surface area contributed by atoms with Gasteiger partial charge in [0.05, 0.1) is 6.54 Å². The quantitative estimate of drug-likeness (QED) is 0.0615. The molecule has 0 spiro atoms. The maximum atomic E-state index is 12.5. The number of primary amides is 1. The van der Waals surface area contributed by atoms with Crippen LogP contribution in [-0.4, -0.2) is 49.0 Å². The minimum Gasteiger partial charge on any atom is -0.429 e. The van der Waals surface area contributed by atoms with Crippen molar-refractivity contribution in [2.24, 2.45) is 11.7 Å². The Kier molecular flexibility index (Phi) is 17.2. The number of nitrogens with two attached hydrogens (primary N) is 2. The lowest BCUT2D eigenvalue weighted by molar-refractivity contribution is -0.130. The lowest BCUT2D eigenvalue weighted by Crippen LogP contribution is -2.51. The number of benzene rings is 2. The maximum absolute atomic E-state index is 12.5. The number of rotatable bonds is 14. The van der Waals surface area contributed by atoms with Gasteiger partial charge in [-0.25, -0.2) is 9.59 Å². The molecule has 2 aromatic carbocycles. The standard InChI is InChI=1S/C27H32N4O6.C4H10N2O/c1-4-5-6-7-23(32)31-25(18(2)3)26(34)29-16-24(33)30-21-12-8-19(9-13-21)17-36-27(35)37-22-14-10-20(28)11-15-22;1-2-3-6-4(5)7/h1,8-15,18,25H,5-7,16-17,28H2,2-3H3,(H,29,34)(H,30,33)(H,31,32);2-3H2,1H3,(H3,5,6,7). The summed E-state index contributed by atoms with van der Waals surface area (Å²) in [7, 11) is 0. The van der Waals surface area contributed by atoms with E-state index in [1.807, 2.05) is 6.92 Å². The number of anilines is 2.